The molecule has 1 aliphatic rings. The lowest BCUT2D eigenvalue weighted by molar-refractivity contribution is -0.0377. The van der Waals surface area contributed by atoms with Crippen LogP contribution in [-0.2, 0) is 10.1 Å². The van der Waals surface area contributed by atoms with Gasteiger partial charge in [-0.3, -0.25) is 14.8 Å². The van der Waals surface area contributed by atoms with Crippen molar-refractivity contribution in [2.24, 2.45) is 0 Å². The molecule has 1 N–H and O–H groups in total. The van der Waals surface area contributed by atoms with Gasteiger partial charge < -0.3 is 4.55 Å². The molecule has 102 valence electrons. The van der Waals surface area contributed by atoms with Crippen LogP contribution in [0.3, 0.4) is 0 Å². The zero-order chi connectivity index (χ0) is 14.7. The molecular weight excluding hydrogens is 286 g/mol. The minimum atomic E-state index is -4.76. The molecule has 2 amide bonds. The topological polar surface area (TPSA) is 115 Å². The van der Waals surface area contributed by atoms with E-state index in [1.807, 2.05) is 0 Å². The largest absolute Gasteiger partial charge is 0.744 e. The Balaban J connectivity index is 2.51. The summed E-state index contributed by atoms with van der Waals surface area (Å²) >= 11 is 0. The fourth-order valence-corrected chi connectivity index (χ4v) is 2.75. The molecule has 7 nitrogen and oxygen atoms in total. The van der Waals surface area contributed by atoms with Crippen LogP contribution in [0, 0.1) is 0 Å². The summed E-state index contributed by atoms with van der Waals surface area (Å²) in [6, 6.07) is 6.30. The Morgan fingerprint density at radius 3 is 2.35 bits per heavy atom. The second-order valence-corrected chi connectivity index (χ2v) is 5.63. The molecular formula is C12H6NO6S-. The van der Waals surface area contributed by atoms with Crippen molar-refractivity contribution in [3.8, 4) is 0 Å². The van der Waals surface area contributed by atoms with Crippen LogP contribution >= 0.6 is 0 Å². The van der Waals surface area contributed by atoms with E-state index in [9.17, 15) is 27.8 Å². The molecule has 2 aromatic carbocycles. The van der Waals surface area contributed by atoms with Crippen molar-refractivity contribution >= 4 is 32.7 Å². The average molecular weight is 292 g/mol. The molecule has 0 unspecified atom stereocenters. The molecule has 0 atom stereocenters. The number of carbonyl (C=O) groups is 2. The molecule has 0 radical (unpaired) electrons. The number of benzene rings is 2. The molecule has 20 heavy (non-hydrogen) atoms. The van der Waals surface area contributed by atoms with Crippen molar-refractivity contribution in [1.82, 2.24) is 5.06 Å². The third kappa shape index (κ3) is 1.63. The lowest BCUT2D eigenvalue weighted by atomic mass is 9.95. The van der Waals surface area contributed by atoms with Gasteiger partial charge >= 0.3 is 0 Å². The van der Waals surface area contributed by atoms with Gasteiger partial charge in [-0.15, -0.1) is 5.06 Å². The van der Waals surface area contributed by atoms with E-state index in [-0.39, 0.29) is 27.0 Å². The fraction of sp³-hybridized carbons (Fsp3) is 0. The van der Waals surface area contributed by atoms with Crippen molar-refractivity contribution in [2.75, 3.05) is 0 Å². The lowest BCUT2D eigenvalue weighted by Gasteiger charge is -2.22. The quantitative estimate of drug-likeness (QED) is 0.470. The third-order valence-electron chi connectivity index (χ3n) is 3.08. The van der Waals surface area contributed by atoms with Crippen molar-refractivity contribution in [1.29, 1.82) is 0 Å². The van der Waals surface area contributed by atoms with Gasteiger partial charge in [-0.05, 0) is 23.6 Å². The smallest absolute Gasteiger partial charge is 0.285 e. The second-order valence-electron chi connectivity index (χ2n) is 4.25. The van der Waals surface area contributed by atoms with E-state index in [1.165, 1.54) is 18.2 Å². The summed E-state index contributed by atoms with van der Waals surface area (Å²) in [7, 11) is -4.76. The molecule has 0 saturated heterocycles. The maximum absolute atomic E-state index is 11.9. The maximum atomic E-state index is 11.9. The fourth-order valence-electron chi connectivity index (χ4n) is 2.21. The number of rotatable bonds is 1. The van der Waals surface area contributed by atoms with Gasteiger partial charge in [-0.1, -0.05) is 12.1 Å². The summed E-state index contributed by atoms with van der Waals surface area (Å²) in [5.41, 5.74) is -0.135. The Morgan fingerprint density at radius 1 is 1.05 bits per heavy atom. The number of amides is 2. The predicted molar refractivity (Wildman–Crippen MR) is 64.2 cm³/mol. The monoisotopic (exact) mass is 292 g/mol. The van der Waals surface area contributed by atoms with Crippen LogP contribution in [0.5, 0.6) is 0 Å². The average Bonchev–Trinajstić information content (AvgIpc) is 2.40. The van der Waals surface area contributed by atoms with E-state index in [4.69, 9.17) is 0 Å². The Morgan fingerprint density at radius 2 is 1.70 bits per heavy atom. The van der Waals surface area contributed by atoms with Gasteiger partial charge in [0.2, 0.25) is 0 Å². The van der Waals surface area contributed by atoms with Crippen LogP contribution in [0.15, 0.2) is 35.2 Å². The van der Waals surface area contributed by atoms with Gasteiger partial charge in [0.1, 0.15) is 10.1 Å². The number of imide groups is 1. The van der Waals surface area contributed by atoms with E-state index < -0.39 is 26.8 Å². The molecule has 0 aliphatic carbocycles. The number of hydrogen-bond donors (Lipinski definition) is 1. The first-order chi connectivity index (χ1) is 9.30. The summed E-state index contributed by atoms with van der Waals surface area (Å²) in [5.74, 6) is -1.96. The summed E-state index contributed by atoms with van der Waals surface area (Å²) in [6.07, 6.45) is 0. The zero-order valence-electron chi connectivity index (χ0n) is 9.73. The molecule has 0 saturated carbocycles. The normalized spacial score (nSPS) is 15.0. The van der Waals surface area contributed by atoms with E-state index in [0.29, 0.717) is 0 Å². The van der Waals surface area contributed by atoms with Crippen molar-refractivity contribution in [3.05, 3.63) is 41.5 Å². The highest BCUT2D eigenvalue weighted by molar-refractivity contribution is 7.85. The minimum absolute atomic E-state index is 0.0643. The Labute approximate surface area is 112 Å². The summed E-state index contributed by atoms with van der Waals surface area (Å²) in [6.45, 7) is 0. The molecule has 3 rings (SSSR count). The van der Waals surface area contributed by atoms with E-state index in [0.717, 1.165) is 12.1 Å². The van der Waals surface area contributed by atoms with Crippen molar-refractivity contribution < 1.29 is 27.8 Å². The van der Waals surface area contributed by atoms with Crippen molar-refractivity contribution in [3.63, 3.8) is 0 Å². The molecule has 0 aromatic heterocycles. The summed E-state index contributed by atoms with van der Waals surface area (Å²) in [4.78, 5) is 23.0. The highest BCUT2D eigenvalue weighted by Gasteiger charge is 2.32. The molecule has 1 heterocycles. The minimum Gasteiger partial charge on any atom is -0.744 e. The first-order valence-corrected chi connectivity index (χ1v) is 6.82. The van der Waals surface area contributed by atoms with E-state index >= 15 is 0 Å². The maximum Gasteiger partial charge on any atom is 0.285 e. The van der Waals surface area contributed by atoms with E-state index in [2.05, 4.69) is 0 Å². The van der Waals surface area contributed by atoms with Gasteiger partial charge in [-0.25, -0.2) is 8.42 Å². The molecule has 1 aliphatic heterocycles. The molecule has 2 aromatic rings. The molecule has 0 spiro atoms. The molecule has 0 fully saturated rings. The van der Waals surface area contributed by atoms with Crippen LogP contribution in [0.1, 0.15) is 20.7 Å². The first-order valence-electron chi connectivity index (χ1n) is 5.41. The Kier molecular flexibility index (Phi) is 2.45. The van der Waals surface area contributed by atoms with Gasteiger partial charge in [0.15, 0.2) is 0 Å². The number of hydrogen-bond acceptors (Lipinski definition) is 6. The second kappa shape index (κ2) is 3.85. The third-order valence-corrected chi connectivity index (χ3v) is 3.90. The van der Waals surface area contributed by atoms with Crippen molar-refractivity contribution in [2.45, 2.75) is 4.90 Å². The number of nitrogens with zero attached hydrogens (tertiary/aromatic N) is 1. The van der Waals surface area contributed by atoms with E-state index in [1.54, 1.807) is 0 Å². The highest BCUT2D eigenvalue weighted by atomic mass is 32.2. The van der Waals surface area contributed by atoms with Gasteiger partial charge in [0, 0.05) is 5.39 Å². The number of hydroxylamine groups is 2. The van der Waals surface area contributed by atoms with Crippen LogP contribution in [0.4, 0.5) is 0 Å². The number of carbonyl (C=O) groups excluding carboxylic acids is 2. The van der Waals surface area contributed by atoms with Crippen LogP contribution in [0.2, 0.25) is 0 Å². The highest BCUT2D eigenvalue weighted by Crippen LogP contribution is 2.31. The summed E-state index contributed by atoms with van der Waals surface area (Å²) < 4.78 is 33.3. The van der Waals surface area contributed by atoms with Crippen LogP contribution in [0.25, 0.3) is 10.8 Å². The Hall–Kier alpha value is -2.29. The van der Waals surface area contributed by atoms with Gasteiger partial charge in [-0.2, -0.15) is 0 Å². The van der Waals surface area contributed by atoms with Crippen LogP contribution in [-0.4, -0.2) is 35.1 Å². The van der Waals surface area contributed by atoms with Gasteiger partial charge in [0.05, 0.1) is 16.0 Å². The SMILES string of the molecule is O=C1c2cccc3cc(S(=O)(=O)[O-])cc(c23)C(=O)N1O. The standard InChI is InChI=1S/C12H7NO6S/c14-11-8-3-1-2-6-4-7(20(17,18)19)5-9(10(6)8)12(15)13(11)16/h1-5,16H,(H,17,18,19)/p-1. The van der Waals surface area contributed by atoms with Crippen LogP contribution < -0.4 is 0 Å². The van der Waals surface area contributed by atoms with Gasteiger partial charge in [0.25, 0.3) is 11.8 Å². The zero-order valence-corrected chi connectivity index (χ0v) is 10.5. The Bertz CT molecular complexity index is 886. The molecule has 8 heteroatoms. The lowest BCUT2D eigenvalue weighted by Crippen LogP contribution is -2.37. The molecule has 0 bridgehead atoms. The predicted octanol–water partition coefficient (Wildman–Crippen LogP) is 0.729. The first kappa shape index (κ1) is 12.7. The summed E-state index contributed by atoms with van der Waals surface area (Å²) in [5, 5.41) is 9.84.